The Balaban J connectivity index is 0.900. The van der Waals surface area contributed by atoms with E-state index in [1.807, 2.05) is 0 Å². The molecule has 0 saturated heterocycles. The van der Waals surface area contributed by atoms with Gasteiger partial charge in [-0.25, -0.2) is 0 Å². The Hall–Kier alpha value is -7.16. The Morgan fingerprint density at radius 1 is 0.415 bits per heavy atom. The molecule has 0 spiro atoms. The molecule has 0 amide bonds. The van der Waals surface area contributed by atoms with Crippen molar-refractivity contribution in [2.75, 3.05) is 4.90 Å². The summed E-state index contributed by atoms with van der Waals surface area (Å²) >= 11 is 0. The molecule has 9 aromatic carbocycles. The van der Waals surface area contributed by atoms with Crippen LogP contribution in [0.5, 0.6) is 0 Å². The van der Waals surface area contributed by atoms with Crippen molar-refractivity contribution >= 4 is 49.6 Å². The molecule has 0 N–H and O–H groups in total. The van der Waals surface area contributed by atoms with Crippen LogP contribution in [-0.4, -0.2) is 4.57 Å². The van der Waals surface area contributed by atoms with Gasteiger partial charge in [-0.1, -0.05) is 172 Å². The van der Waals surface area contributed by atoms with Gasteiger partial charge < -0.3 is 9.47 Å². The van der Waals surface area contributed by atoms with Crippen molar-refractivity contribution in [3.05, 3.63) is 218 Å². The number of rotatable bonds is 8. The zero-order chi connectivity index (χ0) is 43.5. The number of benzene rings is 9. The molecule has 2 atom stereocenters. The summed E-state index contributed by atoms with van der Waals surface area (Å²) in [4.78, 5) is 2.47. The molecule has 12 rings (SSSR count). The summed E-state index contributed by atoms with van der Waals surface area (Å²) < 4.78 is 2.42. The van der Waals surface area contributed by atoms with Crippen LogP contribution in [0.1, 0.15) is 51.5 Å². The molecule has 0 aliphatic heterocycles. The Bertz CT molecular complexity index is 3260. The second kappa shape index (κ2) is 16.1. The molecule has 1 aromatic heterocycles. The molecule has 316 valence electrons. The van der Waals surface area contributed by atoms with Gasteiger partial charge in [0.25, 0.3) is 0 Å². The first-order valence-electron chi connectivity index (χ1n) is 23.8. The molecule has 2 fully saturated rings. The van der Waals surface area contributed by atoms with E-state index in [2.05, 4.69) is 236 Å². The molecule has 0 unspecified atom stereocenters. The van der Waals surface area contributed by atoms with Crippen molar-refractivity contribution in [3.8, 4) is 39.1 Å². The summed E-state index contributed by atoms with van der Waals surface area (Å²) in [6.07, 6.45) is 6.66. The summed E-state index contributed by atoms with van der Waals surface area (Å²) in [7, 11) is 0. The number of hydrogen-bond acceptors (Lipinski definition) is 1. The van der Waals surface area contributed by atoms with Crippen LogP contribution in [0.4, 0.5) is 17.1 Å². The number of hydrogen-bond donors (Lipinski definition) is 0. The Morgan fingerprint density at radius 2 is 0.908 bits per heavy atom. The van der Waals surface area contributed by atoms with E-state index >= 15 is 0 Å². The van der Waals surface area contributed by atoms with E-state index in [-0.39, 0.29) is 5.41 Å². The van der Waals surface area contributed by atoms with E-state index in [0.29, 0.717) is 0 Å². The standard InChI is InChI=1S/C63H54N2/c1-43-37-45-38-44(2)41-63(40-43,42-45)51-15-12-16-54(39-51)64(53-35-31-49(32-36-53)56-21-11-14-48-13-3-4-17-55(48)56)52-33-29-47(30-34-52)46-25-27-50(28-26-46)57-18-5-8-22-60(57)65-61-23-9-6-19-58(61)59-20-7-10-24-62(59)65/h3-36,39,43-45H,37-38,40-42H2,1-2H3/t43-,44-,45?,63?/m0/s1. The molecule has 2 aliphatic carbocycles. The van der Waals surface area contributed by atoms with E-state index in [9.17, 15) is 0 Å². The molecular formula is C63H54N2. The van der Waals surface area contributed by atoms with Crippen LogP contribution in [0.15, 0.2) is 212 Å². The minimum atomic E-state index is 0.250. The largest absolute Gasteiger partial charge is 0.310 e. The van der Waals surface area contributed by atoms with Gasteiger partial charge in [0.2, 0.25) is 0 Å². The van der Waals surface area contributed by atoms with Crippen LogP contribution >= 0.6 is 0 Å². The van der Waals surface area contributed by atoms with Gasteiger partial charge in [-0.05, 0) is 154 Å². The first-order chi connectivity index (χ1) is 32.0. The van der Waals surface area contributed by atoms with E-state index in [4.69, 9.17) is 0 Å². The maximum atomic E-state index is 2.54. The van der Waals surface area contributed by atoms with Gasteiger partial charge >= 0.3 is 0 Å². The number of aromatic nitrogens is 1. The zero-order valence-electron chi connectivity index (χ0n) is 37.4. The van der Waals surface area contributed by atoms with Gasteiger partial charge in [-0.15, -0.1) is 0 Å². The van der Waals surface area contributed by atoms with Gasteiger partial charge in [-0.2, -0.15) is 0 Å². The molecule has 2 bridgehead atoms. The third kappa shape index (κ3) is 7.04. The van der Waals surface area contributed by atoms with Crippen molar-refractivity contribution in [1.29, 1.82) is 0 Å². The molecule has 2 heteroatoms. The van der Waals surface area contributed by atoms with Gasteiger partial charge in [0.05, 0.1) is 16.7 Å². The van der Waals surface area contributed by atoms with E-state index in [1.165, 1.54) is 115 Å². The topological polar surface area (TPSA) is 8.17 Å². The van der Waals surface area contributed by atoms with Crippen molar-refractivity contribution in [3.63, 3.8) is 0 Å². The normalized spacial score (nSPS) is 19.4. The van der Waals surface area contributed by atoms with Crippen LogP contribution in [0.2, 0.25) is 0 Å². The average molecular weight is 839 g/mol. The number of fused-ring (bicyclic) bond motifs is 6. The van der Waals surface area contributed by atoms with E-state index in [0.717, 1.165) is 29.1 Å². The van der Waals surface area contributed by atoms with Crippen molar-refractivity contribution in [2.24, 2.45) is 17.8 Å². The fraction of sp³-hybridized carbons (Fsp3) is 0.175. The van der Waals surface area contributed by atoms with Crippen molar-refractivity contribution in [1.82, 2.24) is 4.57 Å². The van der Waals surface area contributed by atoms with E-state index < -0.39 is 0 Å². The lowest BCUT2D eigenvalue weighted by Crippen LogP contribution is -2.42. The smallest absolute Gasteiger partial charge is 0.0541 e. The van der Waals surface area contributed by atoms with Gasteiger partial charge in [-0.3, -0.25) is 0 Å². The minimum Gasteiger partial charge on any atom is -0.310 e. The first kappa shape index (κ1) is 39.4. The SMILES string of the molecule is C[C@H]1CC2C[C@H](C)CC(c3cccc(N(c4ccc(-c5ccc(-c6ccccc6-n6c7ccccc7c7ccccc76)cc5)cc4)c4ccc(-c5cccc6ccccc56)cc4)c3)(C2)C1. The monoisotopic (exact) mass is 838 g/mol. The average Bonchev–Trinajstić information content (AvgIpc) is 3.68. The number of nitrogens with zero attached hydrogens (tertiary/aromatic N) is 2. The zero-order valence-corrected chi connectivity index (χ0v) is 37.4. The van der Waals surface area contributed by atoms with Crippen LogP contribution in [-0.2, 0) is 5.41 Å². The summed E-state index contributed by atoms with van der Waals surface area (Å²) in [6.45, 7) is 4.98. The lowest BCUT2D eigenvalue weighted by Gasteiger charge is -2.50. The molecule has 2 saturated carbocycles. The van der Waals surface area contributed by atoms with Gasteiger partial charge in [0, 0.05) is 33.4 Å². The summed E-state index contributed by atoms with van der Waals surface area (Å²) in [5.41, 5.74) is 16.3. The Kier molecular flexibility index (Phi) is 9.78. The Labute approximate surface area is 383 Å². The summed E-state index contributed by atoms with van der Waals surface area (Å²) in [6, 6.07) is 78.8. The molecule has 2 aliphatic rings. The molecular weight excluding hydrogens is 785 g/mol. The number of para-hydroxylation sites is 3. The van der Waals surface area contributed by atoms with Crippen LogP contribution in [0, 0.1) is 17.8 Å². The first-order valence-corrected chi connectivity index (χ1v) is 23.8. The molecule has 65 heavy (non-hydrogen) atoms. The predicted octanol–water partition coefficient (Wildman–Crippen LogP) is 17.5. The predicted molar refractivity (Wildman–Crippen MR) is 276 cm³/mol. The number of anilines is 3. The van der Waals surface area contributed by atoms with Crippen molar-refractivity contribution in [2.45, 2.75) is 51.4 Å². The van der Waals surface area contributed by atoms with Gasteiger partial charge in [0.15, 0.2) is 0 Å². The second-order valence-electron chi connectivity index (χ2n) is 19.4. The van der Waals surface area contributed by atoms with Crippen molar-refractivity contribution < 1.29 is 0 Å². The molecule has 10 aromatic rings. The molecule has 0 radical (unpaired) electrons. The lowest BCUT2D eigenvalue weighted by atomic mass is 9.54. The maximum Gasteiger partial charge on any atom is 0.0541 e. The quantitative estimate of drug-likeness (QED) is 0.148. The summed E-state index contributed by atoms with van der Waals surface area (Å²) in [5, 5.41) is 5.10. The van der Waals surface area contributed by atoms with Crippen LogP contribution in [0.25, 0.3) is 71.6 Å². The third-order valence-electron chi connectivity index (χ3n) is 15.0. The van der Waals surface area contributed by atoms with Crippen LogP contribution in [0.3, 0.4) is 0 Å². The highest BCUT2D eigenvalue weighted by atomic mass is 15.1. The lowest BCUT2D eigenvalue weighted by molar-refractivity contribution is 0.0780. The fourth-order valence-electron chi connectivity index (χ4n) is 12.5. The fourth-order valence-corrected chi connectivity index (χ4v) is 12.5. The summed E-state index contributed by atoms with van der Waals surface area (Å²) in [5.74, 6) is 2.36. The highest BCUT2D eigenvalue weighted by Gasteiger charge is 2.45. The molecule has 1 heterocycles. The van der Waals surface area contributed by atoms with E-state index in [1.54, 1.807) is 0 Å². The Morgan fingerprint density at radius 3 is 1.58 bits per heavy atom. The molecule has 2 nitrogen and oxygen atoms in total. The van der Waals surface area contributed by atoms with Crippen LogP contribution < -0.4 is 4.90 Å². The maximum absolute atomic E-state index is 2.54. The third-order valence-corrected chi connectivity index (χ3v) is 15.0. The highest BCUT2D eigenvalue weighted by Crippen LogP contribution is 2.55. The minimum absolute atomic E-state index is 0.250. The van der Waals surface area contributed by atoms with Gasteiger partial charge in [0.1, 0.15) is 0 Å². The second-order valence-corrected chi connectivity index (χ2v) is 19.4. The highest BCUT2D eigenvalue weighted by molar-refractivity contribution is 6.09.